The van der Waals surface area contributed by atoms with E-state index in [4.69, 9.17) is 0 Å². The lowest BCUT2D eigenvalue weighted by atomic mass is 10.0. The Labute approximate surface area is 108 Å². The van der Waals surface area contributed by atoms with Gasteiger partial charge in [-0.1, -0.05) is 13.8 Å². The Morgan fingerprint density at radius 1 is 1.28 bits per heavy atom. The third-order valence-corrected chi connectivity index (χ3v) is 3.01. The first kappa shape index (κ1) is 12.9. The van der Waals surface area contributed by atoms with Gasteiger partial charge in [0, 0.05) is 36.9 Å². The summed E-state index contributed by atoms with van der Waals surface area (Å²) in [6.07, 6.45) is 1.42. The second-order valence-corrected chi connectivity index (χ2v) is 4.96. The van der Waals surface area contributed by atoms with Gasteiger partial charge in [0.25, 0.3) is 0 Å². The quantitative estimate of drug-likeness (QED) is 0.697. The number of nitrogens with one attached hydrogen (secondary N) is 3. The van der Waals surface area contributed by atoms with Crippen molar-refractivity contribution in [2.24, 2.45) is 0 Å². The summed E-state index contributed by atoms with van der Waals surface area (Å²) in [6.45, 7) is 6.14. The molecule has 0 bridgehead atoms. The van der Waals surface area contributed by atoms with Crippen LogP contribution in [0.25, 0.3) is 0 Å². The van der Waals surface area contributed by atoms with Gasteiger partial charge >= 0.3 is 0 Å². The van der Waals surface area contributed by atoms with Gasteiger partial charge in [0.2, 0.25) is 5.91 Å². The highest BCUT2D eigenvalue weighted by Crippen LogP contribution is 2.25. The zero-order valence-corrected chi connectivity index (χ0v) is 11.0. The summed E-state index contributed by atoms with van der Waals surface area (Å²) in [5.74, 6) is 0.115. The van der Waals surface area contributed by atoms with E-state index in [0.717, 1.165) is 30.9 Å². The number of hydrogen-bond donors (Lipinski definition) is 3. The Morgan fingerprint density at radius 3 is 2.89 bits per heavy atom. The molecule has 1 aliphatic heterocycles. The van der Waals surface area contributed by atoms with Gasteiger partial charge in [0.05, 0.1) is 0 Å². The van der Waals surface area contributed by atoms with Crippen LogP contribution in [0.2, 0.25) is 0 Å². The molecule has 4 nitrogen and oxygen atoms in total. The third-order valence-electron chi connectivity index (χ3n) is 3.01. The van der Waals surface area contributed by atoms with Crippen molar-refractivity contribution in [1.29, 1.82) is 0 Å². The molecule has 0 aliphatic carbocycles. The summed E-state index contributed by atoms with van der Waals surface area (Å²) >= 11 is 0. The standard InChI is InChI=1S/C14H21N3O/c1-10(2)15-7-8-16-12-4-5-13-11(9-12)3-6-14(18)17-13/h4-5,9-10,15-16H,3,6-8H2,1-2H3,(H,17,18). The number of anilines is 2. The summed E-state index contributed by atoms with van der Waals surface area (Å²) in [5, 5.41) is 9.64. The second kappa shape index (κ2) is 5.87. The minimum Gasteiger partial charge on any atom is -0.384 e. The second-order valence-electron chi connectivity index (χ2n) is 4.96. The molecule has 4 heteroatoms. The van der Waals surface area contributed by atoms with Crippen LogP contribution in [-0.4, -0.2) is 25.0 Å². The summed E-state index contributed by atoms with van der Waals surface area (Å²) in [6, 6.07) is 6.64. The zero-order valence-electron chi connectivity index (χ0n) is 11.0. The number of carbonyl (C=O) groups is 1. The Bertz CT molecular complexity index is 429. The number of hydrogen-bond acceptors (Lipinski definition) is 3. The fourth-order valence-corrected chi connectivity index (χ4v) is 2.06. The van der Waals surface area contributed by atoms with Gasteiger partial charge in [-0.15, -0.1) is 0 Å². The van der Waals surface area contributed by atoms with Gasteiger partial charge in [-0.25, -0.2) is 0 Å². The molecule has 0 atom stereocenters. The molecule has 0 aromatic heterocycles. The first-order valence-corrected chi connectivity index (χ1v) is 6.55. The smallest absolute Gasteiger partial charge is 0.224 e. The molecule has 1 aromatic rings. The van der Waals surface area contributed by atoms with Crippen LogP contribution in [0.1, 0.15) is 25.8 Å². The van der Waals surface area contributed by atoms with Gasteiger partial charge in [0.1, 0.15) is 0 Å². The van der Waals surface area contributed by atoms with Crippen LogP contribution < -0.4 is 16.0 Å². The van der Waals surface area contributed by atoms with Crippen molar-refractivity contribution in [2.45, 2.75) is 32.7 Å². The van der Waals surface area contributed by atoms with Gasteiger partial charge in [-0.3, -0.25) is 4.79 Å². The van der Waals surface area contributed by atoms with Crippen molar-refractivity contribution in [2.75, 3.05) is 23.7 Å². The van der Waals surface area contributed by atoms with Crippen LogP contribution in [0.15, 0.2) is 18.2 Å². The van der Waals surface area contributed by atoms with E-state index in [2.05, 4.69) is 35.9 Å². The molecule has 0 unspecified atom stereocenters. The van der Waals surface area contributed by atoms with Crippen molar-refractivity contribution in [3.63, 3.8) is 0 Å². The maximum atomic E-state index is 11.3. The predicted molar refractivity (Wildman–Crippen MR) is 75.0 cm³/mol. The number of amides is 1. The highest BCUT2D eigenvalue weighted by molar-refractivity contribution is 5.94. The molecule has 0 saturated carbocycles. The highest BCUT2D eigenvalue weighted by atomic mass is 16.1. The lowest BCUT2D eigenvalue weighted by Crippen LogP contribution is -2.28. The van der Waals surface area contributed by atoms with Gasteiger partial charge in [-0.2, -0.15) is 0 Å². The molecule has 1 aliphatic rings. The largest absolute Gasteiger partial charge is 0.384 e. The maximum Gasteiger partial charge on any atom is 0.224 e. The van der Waals surface area contributed by atoms with Gasteiger partial charge in [-0.05, 0) is 30.2 Å². The first-order valence-electron chi connectivity index (χ1n) is 6.55. The molecule has 0 radical (unpaired) electrons. The van der Waals surface area contributed by atoms with E-state index in [9.17, 15) is 4.79 Å². The number of aryl methyl sites for hydroxylation is 1. The van der Waals surface area contributed by atoms with Crippen molar-refractivity contribution < 1.29 is 4.79 Å². The first-order chi connectivity index (χ1) is 8.65. The maximum absolute atomic E-state index is 11.3. The number of fused-ring (bicyclic) bond motifs is 1. The van der Waals surface area contributed by atoms with Gasteiger partial charge < -0.3 is 16.0 Å². The minimum absolute atomic E-state index is 0.115. The van der Waals surface area contributed by atoms with Crippen molar-refractivity contribution >= 4 is 17.3 Å². The summed E-state index contributed by atoms with van der Waals surface area (Å²) in [4.78, 5) is 11.3. The molecule has 1 aromatic carbocycles. The molecule has 2 rings (SSSR count). The molecule has 3 N–H and O–H groups in total. The van der Waals surface area contributed by atoms with Crippen LogP contribution in [0.5, 0.6) is 0 Å². The summed E-state index contributed by atoms with van der Waals surface area (Å²) in [7, 11) is 0. The van der Waals surface area contributed by atoms with E-state index in [1.807, 2.05) is 12.1 Å². The molecule has 18 heavy (non-hydrogen) atoms. The minimum atomic E-state index is 0.115. The Morgan fingerprint density at radius 2 is 2.11 bits per heavy atom. The van der Waals surface area contributed by atoms with E-state index < -0.39 is 0 Å². The Kier molecular flexibility index (Phi) is 4.20. The fourth-order valence-electron chi connectivity index (χ4n) is 2.06. The molecule has 98 valence electrons. The normalized spacial score (nSPS) is 14.3. The van der Waals surface area contributed by atoms with E-state index >= 15 is 0 Å². The number of carbonyl (C=O) groups excluding carboxylic acids is 1. The summed E-state index contributed by atoms with van der Waals surface area (Å²) in [5.41, 5.74) is 3.30. The van der Waals surface area contributed by atoms with Crippen molar-refractivity contribution in [3.05, 3.63) is 23.8 Å². The lowest BCUT2D eigenvalue weighted by Gasteiger charge is -2.18. The molecular weight excluding hydrogens is 226 g/mol. The van der Waals surface area contributed by atoms with Crippen LogP contribution >= 0.6 is 0 Å². The molecule has 0 spiro atoms. The van der Waals surface area contributed by atoms with E-state index in [1.54, 1.807) is 0 Å². The number of benzene rings is 1. The molecule has 1 amide bonds. The van der Waals surface area contributed by atoms with E-state index in [0.29, 0.717) is 12.5 Å². The average molecular weight is 247 g/mol. The molecule has 1 heterocycles. The van der Waals surface area contributed by atoms with Crippen LogP contribution in [0.3, 0.4) is 0 Å². The van der Waals surface area contributed by atoms with Gasteiger partial charge in [0.15, 0.2) is 0 Å². The van der Waals surface area contributed by atoms with Crippen LogP contribution in [0.4, 0.5) is 11.4 Å². The van der Waals surface area contributed by atoms with Crippen molar-refractivity contribution in [1.82, 2.24) is 5.32 Å². The molecule has 0 fully saturated rings. The highest BCUT2D eigenvalue weighted by Gasteiger charge is 2.14. The van der Waals surface area contributed by atoms with Crippen LogP contribution in [-0.2, 0) is 11.2 Å². The third kappa shape index (κ3) is 3.47. The molecular formula is C14H21N3O. The van der Waals surface area contributed by atoms with E-state index in [1.165, 1.54) is 5.56 Å². The topological polar surface area (TPSA) is 53.2 Å². The predicted octanol–water partition coefficient (Wildman–Crippen LogP) is 1.98. The Balaban J connectivity index is 1.89. The Hall–Kier alpha value is -1.55. The average Bonchev–Trinajstić information content (AvgIpc) is 2.34. The molecule has 0 saturated heterocycles. The number of rotatable bonds is 5. The zero-order chi connectivity index (χ0) is 13.0. The lowest BCUT2D eigenvalue weighted by molar-refractivity contribution is -0.116. The SMILES string of the molecule is CC(C)NCCNc1ccc2c(c1)CCC(=O)N2. The van der Waals surface area contributed by atoms with E-state index in [-0.39, 0.29) is 5.91 Å². The fraction of sp³-hybridized carbons (Fsp3) is 0.500. The van der Waals surface area contributed by atoms with Crippen LogP contribution in [0, 0.1) is 0 Å². The van der Waals surface area contributed by atoms with Crippen molar-refractivity contribution in [3.8, 4) is 0 Å². The monoisotopic (exact) mass is 247 g/mol. The summed E-state index contributed by atoms with van der Waals surface area (Å²) < 4.78 is 0.